The highest BCUT2D eigenvalue weighted by Crippen LogP contribution is 2.36. The molecule has 0 aromatic carbocycles. The minimum absolute atomic E-state index is 0.417. The summed E-state index contributed by atoms with van der Waals surface area (Å²) in [6.07, 6.45) is -2.70. The first-order valence-corrected chi connectivity index (χ1v) is 3.64. The SMILES string of the molecule is COc1c(F)ncc(C(F)F)c1[N+](=O)[O-]. The molecule has 0 spiro atoms. The van der Waals surface area contributed by atoms with Crippen molar-refractivity contribution in [3.63, 3.8) is 0 Å². The monoisotopic (exact) mass is 222 g/mol. The molecule has 0 radical (unpaired) electrons. The predicted octanol–water partition coefficient (Wildman–Crippen LogP) is 2.08. The van der Waals surface area contributed by atoms with Gasteiger partial charge in [-0.2, -0.15) is 4.39 Å². The van der Waals surface area contributed by atoms with E-state index in [1.54, 1.807) is 0 Å². The number of pyridine rings is 1. The molecule has 0 atom stereocenters. The van der Waals surface area contributed by atoms with Gasteiger partial charge in [-0.3, -0.25) is 10.1 Å². The summed E-state index contributed by atoms with van der Waals surface area (Å²) in [4.78, 5) is 12.3. The van der Waals surface area contributed by atoms with Crippen LogP contribution in [0, 0.1) is 16.1 Å². The number of aromatic nitrogens is 1. The molecule has 0 bridgehead atoms. The van der Waals surface area contributed by atoms with Crippen LogP contribution in [0.5, 0.6) is 5.75 Å². The van der Waals surface area contributed by atoms with E-state index in [1.165, 1.54) is 0 Å². The summed E-state index contributed by atoms with van der Waals surface area (Å²) in [6, 6.07) is 0. The van der Waals surface area contributed by atoms with Crippen LogP contribution in [0.1, 0.15) is 12.0 Å². The summed E-state index contributed by atoms with van der Waals surface area (Å²) < 4.78 is 41.8. The zero-order valence-electron chi connectivity index (χ0n) is 7.41. The zero-order valence-corrected chi connectivity index (χ0v) is 7.41. The minimum atomic E-state index is -3.12. The molecule has 0 fully saturated rings. The molecule has 82 valence electrons. The Morgan fingerprint density at radius 2 is 2.20 bits per heavy atom. The maximum absolute atomic E-state index is 12.9. The van der Waals surface area contributed by atoms with Crippen LogP contribution in [0.2, 0.25) is 0 Å². The van der Waals surface area contributed by atoms with Crippen LogP contribution in [-0.2, 0) is 0 Å². The molecule has 0 N–H and O–H groups in total. The maximum atomic E-state index is 12.9. The van der Waals surface area contributed by atoms with Gasteiger partial charge in [0.05, 0.1) is 12.0 Å². The largest absolute Gasteiger partial charge is 0.487 e. The van der Waals surface area contributed by atoms with Gasteiger partial charge < -0.3 is 4.74 Å². The standard InChI is InChI=1S/C7H5F3N2O3/c1-15-5-4(12(13)14)3(6(8)9)2-11-7(5)10/h2,6H,1H3. The van der Waals surface area contributed by atoms with Crippen LogP contribution >= 0.6 is 0 Å². The Morgan fingerprint density at radius 1 is 1.60 bits per heavy atom. The lowest BCUT2D eigenvalue weighted by Gasteiger charge is -2.05. The second kappa shape index (κ2) is 4.11. The zero-order chi connectivity index (χ0) is 11.6. The van der Waals surface area contributed by atoms with Gasteiger partial charge in [-0.15, -0.1) is 0 Å². The molecule has 1 aromatic heterocycles. The van der Waals surface area contributed by atoms with Gasteiger partial charge in [-0.05, 0) is 0 Å². The number of ether oxygens (including phenoxy) is 1. The highest BCUT2D eigenvalue weighted by atomic mass is 19.3. The number of nitro groups is 1. The predicted molar refractivity (Wildman–Crippen MR) is 42.4 cm³/mol. The third-order valence-corrected chi connectivity index (χ3v) is 1.61. The average Bonchev–Trinajstić information content (AvgIpc) is 2.16. The van der Waals surface area contributed by atoms with Crippen molar-refractivity contribution in [1.82, 2.24) is 4.98 Å². The Bertz CT molecular complexity index is 397. The van der Waals surface area contributed by atoms with E-state index in [2.05, 4.69) is 9.72 Å². The Kier molecular flexibility index (Phi) is 3.08. The van der Waals surface area contributed by atoms with Crippen molar-refractivity contribution < 1.29 is 22.8 Å². The second-order valence-corrected chi connectivity index (χ2v) is 2.44. The van der Waals surface area contributed by atoms with Crippen molar-refractivity contribution in [2.24, 2.45) is 0 Å². The third-order valence-electron chi connectivity index (χ3n) is 1.61. The van der Waals surface area contributed by atoms with E-state index in [4.69, 9.17) is 0 Å². The Morgan fingerprint density at radius 3 is 2.60 bits per heavy atom. The van der Waals surface area contributed by atoms with Gasteiger partial charge in [0.1, 0.15) is 5.56 Å². The summed E-state index contributed by atoms with van der Waals surface area (Å²) in [5, 5.41) is 10.5. The van der Waals surface area contributed by atoms with Crippen LogP contribution in [0.15, 0.2) is 6.20 Å². The average molecular weight is 222 g/mol. The molecule has 0 unspecified atom stereocenters. The van der Waals surface area contributed by atoms with E-state index in [0.717, 1.165) is 7.11 Å². The van der Waals surface area contributed by atoms with Crippen molar-refractivity contribution in [2.75, 3.05) is 7.11 Å². The molecule has 0 aliphatic rings. The van der Waals surface area contributed by atoms with Crippen molar-refractivity contribution in [1.29, 1.82) is 0 Å². The number of halogens is 3. The molecule has 15 heavy (non-hydrogen) atoms. The van der Waals surface area contributed by atoms with E-state index < -0.39 is 34.3 Å². The molecule has 0 aliphatic carbocycles. The van der Waals surface area contributed by atoms with Crippen molar-refractivity contribution in [2.45, 2.75) is 6.43 Å². The quantitative estimate of drug-likeness (QED) is 0.446. The smallest absolute Gasteiger partial charge is 0.326 e. The first-order chi connectivity index (χ1) is 6.99. The van der Waals surface area contributed by atoms with E-state index in [-0.39, 0.29) is 0 Å². The highest BCUT2D eigenvalue weighted by molar-refractivity contribution is 5.51. The molecule has 5 nitrogen and oxygen atoms in total. The third kappa shape index (κ3) is 1.97. The van der Waals surface area contributed by atoms with Crippen LogP contribution in [-0.4, -0.2) is 17.0 Å². The number of alkyl halides is 2. The van der Waals surface area contributed by atoms with E-state index >= 15 is 0 Å². The maximum Gasteiger partial charge on any atom is 0.326 e. The van der Waals surface area contributed by atoms with Crippen LogP contribution in [0.3, 0.4) is 0 Å². The van der Waals surface area contributed by atoms with Crippen molar-refractivity contribution in [3.05, 3.63) is 27.8 Å². The molecule has 0 amide bonds. The molecule has 0 saturated heterocycles. The number of hydrogen-bond acceptors (Lipinski definition) is 4. The number of methoxy groups -OCH3 is 1. The Hall–Kier alpha value is -1.86. The minimum Gasteiger partial charge on any atom is -0.487 e. The fourth-order valence-electron chi connectivity index (χ4n) is 1.00. The van der Waals surface area contributed by atoms with Gasteiger partial charge in [0.25, 0.3) is 18.1 Å². The molecular weight excluding hydrogens is 217 g/mol. The summed E-state index contributed by atoms with van der Waals surface area (Å²) in [7, 11) is 0.933. The van der Waals surface area contributed by atoms with E-state index in [1.807, 2.05) is 0 Å². The molecule has 1 rings (SSSR count). The molecule has 1 heterocycles. The lowest BCUT2D eigenvalue weighted by Crippen LogP contribution is -2.03. The Labute approximate surface area is 81.6 Å². The molecule has 0 saturated carbocycles. The van der Waals surface area contributed by atoms with Gasteiger partial charge in [0, 0.05) is 6.20 Å². The van der Waals surface area contributed by atoms with Gasteiger partial charge in [0.15, 0.2) is 0 Å². The lowest BCUT2D eigenvalue weighted by atomic mass is 10.2. The molecule has 0 aliphatic heterocycles. The number of rotatable bonds is 3. The first-order valence-electron chi connectivity index (χ1n) is 3.64. The van der Waals surface area contributed by atoms with Crippen molar-refractivity contribution in [3.8, 4) is 5.75 Å². The van der Waals surface area contributed by atoms with Gasteiger partial charge >= 0.3 is 5.69 Å². The Balaban J connectivity index is 3.49. The normalized spacial score (nSPS) is 10.5. The van der Waals surface area contributed by atoms with E-state index in [0.29, 0.717) is 6.20 Å². The summed E-state index contributed by atoms with van der Waals surface area (Å²) in [5.41, 5.74) is -2.07. The summed E-state index contributed by atoms with van der Waals surface area (Å²) in [5.74, 6) is -2.19. The second-order valence-electron chi connectivity index (χ2n) is 2.44. The van der Waals surface area contributed by atoms with Gasteiger partial charge in [0.2, 0.25) is 0 Å². The highest BCUT2D eigenvalue weighted by Gasteiger charge is 2.30. The van der Waals surface area contributed by atoms with Gasteiger partial charge in [-0.25, -0.2) is 13.8 Å². The molecule has 1 aromatic rings. The summed E-state index contributed by atoms with van der Waals surface area (Å²) >= 11 is 0. The lowest BCUT2D eigenvalue weighted by molar-refractivity contribution is -0.387. The molecule has 8 heteroatoms. The van der Waals surface area contributed by atoms with Crippen LogP contribution in [0.4, 0.5) is 18.9 Å². The van der Waals surface area contributed by atoms with Crippen LogP contribution in [0.25, 0.3) is 0 Å². The van der Waals surface area contributed by atoms with Crippen molar-refractivity contribution >= 4 is 5.69 Å². The van der Waals surface area contributed by atoms with E-state index in [9.17, 15) is 23.3 Å². The number of nitrogens with zero attached hydrogens (tertiary/aromatic N) is 2. The first kappa shape index (κ1) is 11.2. The fourth-order valence-corrected chi connectivity index (χ4v) is 1.00. The fraction of sp³-hybridized carbons (Fsp3) is 0.286. The molecular formula is C7H5F3N2O3. The topological polar surface area (TPSA) is 65.3 Å². The van der Waals surface area contributed by atoms with Crippen LogP contribution < -0.4 is 4.74 Å². The van der Waals surface area contributed by atoms with Gasteiger partial charge in [-0.1, -0.05) is 0 Å². The number of hydrogen-bond donors (Lipinski definition) is 0. The summed E-state index contributed by atoms with van der Waals surface area (Å²) in [6.45, 7) is 0.